The summed E-state index contributed by atoms with van der Waals surface area (Å²) in [5.74, 6) is 0.687. The lowest BCUT2D eigenvalue weighted by Gasteiger charge is -2.23. The molecule has 0 saturated heterocycles. The Hall–Kier alpha value is -3.07. The van der Waals surface area contributed by atoms with E-state index in [1.54, 1.807) is 4.90 Å². The molecular weight excluding hydrogens is 322 g/mol. The van der Waals surface area contributed by atoms with Crippen molar-refractivity contribution in [1.29, 1.82) is 0 Å². The van der Waals surface area contributed by atoms with Gasteiger partial charge in [0.1, 0.15) is 5.75 Å². The predicted octanol–water partition coefficient (Wildman–Crippen LogP) is 4.92. The summed E-state index contributed by atoms with van der Waals surface area (Å²) in [6, 6.07) is 25.6. The van der Waals surface area contributed by atoms with Gasteiger partial charge in [0, 0.05) is 5.69 Å². The van der Waals surface area contributed by atoms with Crippen LogP contribution >= 0.6 is 0 Å². The third-order valence-corrected chi connectivity index (χ3v) is 4.46. The Morgan fingerprint density at radius 2 is 1.50 bits per heavy atom. The summed E-state index contributed by atoms with van der Waals surface area (Å²) >= 11 is 0. The molecule has 0 heterocycles. The summed E-state index contributed by atoms with van der Waals surface area (Å²) in [5.41, 5.74) is 4.16. The lowest BCUT2D eigenvalue weighted by Crippen LogP contribution is -2.34. The minimum absolute atomic E-state index is 0.00597. The standard InChI is InChI=1S/C23H23NO2/c1-18-10-9-15-22(19(18)2)26-17-23(25)24(21-13-7-4-8-14-21)16-20-11-5-3-6-12-20/h3-15H,16-17H2,1-2H3. The van der Waals surface area contributed by atoms with Gasteiger partial charge in [-0.3, -0.25) is 4.79 Å². The zero-order chi connectivity index (χ0) is 18.4. The van der Waals surface area contributed by atoms with E-state index < -0.39 is 0 Å². The Morgan fingerprint density at radius 1 is 0.846 bits per heavy atom. The summed E-state index contributed by atoms with van der Waals surface area (Å²) in [4.78, 5) is 14.7. The van der Waals surface area contributed by atoms with E-state index in [1.807, 2.05) is 92.7 Å². The first-order valence-corrected chi connectivity index (χ1v) is 8.73. The molecule has 0 aliphatic carbocycles. The molecule has 3 rings (SSSR count). The van der Waals surface area contributed by atoms with Gasteiger partial charge in [0.2, 0.25) is 0 Å². The highest BCUT2D eigenvalue weighted by atomic mass is 16.5. The van der Waals surface area contributed by atoms with Crippen molar-refractivity contribution in [3.8, 4) is 5.75 Å². The van der Waals surface area contributed by atoms with Gasteiger partial charge in [-0.1, -0.05) is 60.7 Å². The van der Waals surface area contributed by atoms with Gasteiger partial charge < -0.3 is 9.64 Å². The zero-order valence-corrected chi connectivity index (χ0v) is 15.2. The largest absolute Gasteiger partial charge is 0.483 e. The molecule has 0 aliphatic rings. The van der Waals surface area contributed by atoms with Crippen LogP contribution in [-0.4, -0.2) is 12.5 Å². The number of hydrogen-bond donors (Lipinski definition) is 0. The highest BCUT2D eigenvalue weighted by Crippen LogP contribution is 2.22. The first kappa shape index (κ1) is 17.7. The molecule has 26 heavy (non-hydrogen) atoms. The van der Waals surface area contributed by atoms with Crippen molar-refractivity contribution >= 4 is 11.6 Å². The van der Waals surface area contributed by atoms with Gasteiger partial charge in [-0.25, -0.2) is 0 Å². The van der Waals surface area contributed by atoms with Crippen molar-refractivity contribution in [3.63, 3.8) is 0 Å². The van der Waals surface area contributed by atoms with E-state index in [-0.39, 0.29) is 12.5 Å². The number of ether oxygens (including phenoxy) is 1. The van der Waals surface area contributed by atoms with Crippen molar-refractivity contribution in [3.05, 3.63) is 95.6 Å². The quantitative estimate of drug-likeness (QED) is 0.635. The number of nitrogens with zero attached hydrogens (tertiary/aromatic N) is 1. The molecule has 0 atom stereocenters. The Kier molecular flexibility index (Phi) is 5.69. The van der Waals surface area contributed by atoms with Crippen molar-refractivity contribution in [2.24, 2.45) is 0 Å². The van der Waals surface area contributed by atoms with Crippen LogP contribution < -0.4 is 9.64 Å². The molecule has 0 N–H and O–H groups in total. The Labute approximate surface area is 154 Å². The number of rotatable bonds is 6. The third-order valence-electron chi connectivity index (χ3n) is 4.46. The van der Waals surface area contributed by atoms with Gasteiger partial charge >= 0.3 is 0 Å². The second-order valence-electron chi connectivity index (χ2n) is 6.29. The number of para-hydroxylation sites is 1. The maximum absolute atomic E-state index is 12.9. The molecule has 0 spiro atoms. The topological polar surface area (TPSA) is 29.5 Å². The van der Waals surface area contributed by atoms with Crippen molar-refractivity contribution in [1.82, 2.24) is 0 Å². The maximum Gasteiger partial charge on any atom is 0.265 e. The molecule has 0 unspecified atom stereocenters. The monoisotopic (exact) mass is 345 g/mol. The summed E-state index contributed by atoms with van der Waals surface area (Å²) < 4.78 is 5.83. The molecule has 0 aliphatic heterocycles. The van der Waals surface area contributed by atoms with E-state index in [0.717, 1.165) is 28.1 Å². The van der Waals surface area contributed by atoms with E-state index in [9.17, 15) is 4.79 Å². The van der Waals surface area contributed by atoms with Crippen LogP contribution in [0.2, 0.25) is 0 Å². The first-order valence-electron chi connectivity index (χ1n) is 8.73. The van der Waals surface area contributed by atoms with Crippen LogP contribution in [0.1, 0.15) is 16.7 Å². The Balaban J connectivity index is 1.77. The fraction of sp³-hybridized carbons (Fsp3) is 0.174. The number of anilines is 1. The van der Waals surface area contributed by atoms with Gasteiger partial charge in [-0.05, 0) is 48.7 Å². The minimum Gasteiger partial charge on any atom is -0.483 e. The molecule has 3 nitrogen and oxygen atoms in total. The lowest BCUT2D eigenvalue weighted by molar-refractivity contribution is -0.120. The minimum atomic E-state index is -0.0686. The van der Waals surface area contributed by atoms with E-state index in [1.165, 1.54) is 0 Å². The summed E-state index contributed by atoms with van der Waals surface area (Å²) in [6.07, 6.45) is 0. The number of carbonyl (C=O) groups excluding carboxylic acids is 1. The van der Waals surface area contributed by atoms with Crippen molar-refractivity contribution in [2.75, 3.05) is 11.5 Å². The molecule has 0 aromatic heterocycles. The second-order valence-corrected chi connectivity index (χ2v) is 6.29. The summed E-state index contributed by atoms with van der Waals surface area (Å²) in [6.45, 7) is 4.57. The van der Waals surface area contributed by atoms with Crippen LogP contribution in [0.5, 0.6) is 5.75 Å². The van der Waals surface area contributed by atoms with Crippen LogP contribution in [-0.2, 0) is 11.3 Å². The van der Waals surface area contributed by atoms with E-state index in [0.29, 0.717) is 6.54 Å². The lowest BCUT2D eigenvalue weighted by atomic mass is 10.1. The molecule has 0 bridgehead atoms. The predicted molar refractivity (Wildman–Crippen MR) is 105 cm³/mol. The van der Waals surface area contributed by atoms with E-state index in [4.69, 9.17) is 4.74 Å². The van der Waals surface area contributed by atoms with Crippen molar-refractivity contribution < 1.29 is 9.53 Å². The van der Waals surface area contributed by atoms with Crippen LogP contribution in [0.15, 0.2) is 78.9 Å². The highest BCUT2D eigenvalue weighted by Gasteiger charge is 2.17. The molecule has 132 valence electrons. The normalized spacial score (nSPS) is 10.4. The third kappa shape index (κ3) is 4.31. The van der Waals surface area contributed by atoms with Gasteiger partial charge in [0.15, 0.2) is 6.61 Å². The van der Waals surface area contributed by atoms with Crippen LogP contribution in [0.3, 0.4) is 0 Å². The number of aryl methyl sites for hydroxylation is 1. The molecular formula is C23H23NO2. The van der Waals surface area contributed by atoms with Gasteiger partial charge in [0.05, 0.1) is 6.54 Å². The van der Waals surface area contributed by atoms with E-state index in [2.05, 4.69) is 0 Å². The van der Waals surface area contributed by atoms with Crippen LogP contribution in [0.25, 0.3) is 0 Å². The maximum atomic E-state index is 12.9. The molecule has 3 aromatic rings. The molecule has 0 fully saturated rings. The number of hydrogen-bond acceptors (Lipinski definition) is 2. The number of benzene rings is 3. The molecule has 0 saturated carbocycles. The summed E-state index contributed by atoms with van der Waals surface area (Å²) in [5, 5.41) is 0. The summed E-state index contributed by atoms with van der Waals surface area (Å²) in [7, 11) is 0. The zero-order valence-electron chi connectivity index (χ0n) is 15.2. The van der Waals surface area contributed by atoms with Gasteiger partial charge in [-0.2, -0.15) is 0 Å². The van der Waals surface area contributed by atoms with E-state index >= 15 is 0 Å². The first-order chi connectivity index (χ1) is 12.6. The van der Waals surface area contributed by atoms with Crippen molar-refractivity contribution in [2.45, 2.75) is 20.4 Å². The fourth-order valence-corrected chi connectivity index (χ4v) is 2.80. The van der Waals surface area contributed by atoms with Crippen LogP contribution in [0, 0.1) is 13.8 Å². The molecule has 3 aromatic carbocycles. The average molecular weight is 345 g/mol. The second kappa shape index (κ2) is 8.34. The molecule has 0 radical (unpaired) electrons. The Bertz CT molecular complexity index is 860. The van der Waals surface area contributed by atoms with Crippen LogP contribution in [0.4, 0.5) is 5.69 Å². The smallest absolute Gasteiger partial charge is 0.265 e. The van der Waals surface area contributed by atoms with Gasteiger partial charge in [-0.15, -0.1) is 0 Å². The fourth-order valence-electron chi connectivity index (χ4n) is 2.80. The number of carbonyl (C=O) groups is 1. The van der Waals surface area contributed by atoms with Gasteiger partial charge in [0.25, 0.3) is 5.91 Å². The molecule has 1 amide bonds. The highest BCUT2D eigenvalue weighted by molar-refractivity contribution is 5.94. The Morgan fingerprint density at radius 3 is 2.19 bits per heavy atom. The molecule has 3 heteroatoms. The average Bonchev–Trinajstić information content (AvgIpc) is 2.68. The SMILES string of the molecule is Cc1cccc(OCC(=O)N(Cc2ccccc2)c2ccccc2)c1C. The number of amides is 1.